The standard InChI is InChI=1S/C27H38O2S/c1-3-5-7-9-11-13-23-14-16-24(17-15-23)27(28)30-26-20-18-25(19-21-26)29-22-12-10-8-6-4-2/h14-21H,3-13,22H2,1-2H3. The summed E-state index contributed by atoms with van der Waals surface area (Å²) in [6, 6.07) is 16.0. The second kappa shape index (κ2) is 15.1. The van der Waals surface area contributed by atoms with Gasteiger partial charge in [-0.3, -0.25) is 4.79 Å². The molecule has 0 atom stereocenters. The third kappa shape index (κ3) is 9.84. The van der Waals surface area contributed by atoms with E-state index in [1.54, 1.807) is 0 Å². The minimum Gasteiger partial charge on any atom is -0.494 e. The first-order chi connectivity index (χ1) is 14.7. The molecule has 0 spiro atoms. The Morgan fingerprint density at radius 3 is 1.97 bits per heavy atom. The number of rotatable bonds is 15. The number of hydrogen-bond donors (Lipinski definition) is 0. The van der Waals surface area contributed by atoms with E-state index in [1.165, 1.54) is 75.1 Å². The summed E-state index contributed by atoms with van der Waals surface area (Å²) in [7, 11) is 0. The molecule has 0 bridgehead atoms. The van der Waals surface area contributed by atoms with Gasteiger partial charge < -0.3 is 4.74 Å². The fourth-order valence-electron chi connectivity index (χ4n) is 3.41. The Balaban J connectivity index is 1.72. The van der Waals surface area contributed by atoms with Crippen molar-refractivity contribution in [3.63, 3.8) is 0 Å². The molecule has 0 heterocycles. The Morgan fingerprint density at radius 1 is 0.733 bits per heavy atom. The van der Waals surface area contributed by atoms with Gasteiger partial charge in [0.2, 0.25) is 5.12 Å². The number of carbonyl (C=O) groups excluding carboxylic acids is 1. The third-order valence-corrected chi connectivity index (χ3v) is 6.24. The molecule has 30 heavy (non-hydrogen) atoms. The molecule has 0 aromatic heterocycles. The Labute approximate surface area is 187 Å². The fraction of sp³-hybridized carbons (Fsp3) is 0.519. The van der Waals surface area contributed by atoms with Crippen molar-refractivity contribution in [1.82, 2.24) is 0 Å². The second-order valence-electron chi connectivity index (χ2n) is 7.98. The summed E-state index contributed by atoms with van der Waals surface area (Å²) < 4.78 is 5.80. The molecule has 2 nitrogen and oxygen atoms in total. The van der Waals surface area contributed by atoms with Crippen LogP contribution in [-0.2, 0) is 6.42 Å². The largest absolute Gasteiger partial charge is 0.494 e. The highest BCUT2D eigenvalue weighted by Crippen LogP contribution is 2.25. The van der Waals surface area contributed by atoms with E-state index in [4.69, 9.17) is 4.74 Å². The van der Waals surface area contributed by atoms with E-state index >= 15 is 0 Å². The predicted molar refractivity (Wildman–Crippen MR) is 130 cm³/mol. The molecule has 0 N–H and O–H groups in total. The van der Waals surface area contributed by atoms with Crippen LogP contribution in [0.5, 0.6) is 5.75 Å². The highest BCUT2D eigenvalue weighted by molar-refractivity contribution is 8.14. The summed E-state index contributed by atoms with van der Waals surface area (Å²) >= 11 is 1.28. The maximum atomic E-state index is 12.6. The van der Waals surface area contributed by atoms with Gasteiger partial charge in [0.1, 0.15) is 5.75 Å². The first-order valence-corrected chi connectivity index (χ1v) is 12.6. The maximum absolute atomic E-state index is 12.6. The zero-order valence-electron chi connectivity index (χ0n) is 18.8. The van der Waals surface area contributed by atoms with Crippen molar-refractivity contribution < 1.29 is 9.53 Å². The zero-order valence-corrected chi connectivity index (χ0v) is 19.6. The van der Waals surface area contributed by atoms with Crippen molar-refractivity contribution in [3.8, 4) is 5.75 Å². The van der Waals surface area contributed by atoms with E-state index < -0.39 is 0 Å². The molecule has 3 heteroatoms. The van der Waals surface area contributed by atoms with Gasteiger partial charge >= 0.3 is 0 Å². The summed E-state index contributed by atoms with van der Waals surface area (Å²) in [5.41, 5.74) is 2.09. The minimum absolute atomic E-state index is 0.0917. The number of unbranched alkanes of at least 4 members (excludes halogenated alkanes) is 8. The number of hydrogen-bond acceptors (Lipinski definition) is 3. The van der Waals surface area contributed by atoms with E-state index in [2.05, 4.69) is 26.0 Å². The Morgan fingerprint density at radius 2 is 1.33 bits per heavy atom. The third-order valence-electron chi connectivity index (χ3n) is 5.31. The van der Waals surface area contributed by atoms with Crippen LogP contribution >= 0.6 is 11.8 Å². The van der Waals surface area contributed by atoms with Crippen LogP contribution < -0.4 is 4.74 Å². The summed E-state index contributed by atoms with van der Waals surface area (Å²) in [5, 5.41) is 0.0917. The van der Waals surface area contributed by atoms with E-state index in [9.17, 15) is 4.79 Å². The summed E-state index contributed by atoms with van der Waals surface area (Å²) in [6.45, 7) is 5.23. The number of benzene rings is 2. The molecule has 0 fully saturated rings. The highest BCUT2D eigenvalue weighted by Gasteiger charge is 2.08. The smallest absolute Gasteiger partial charge is 0.224 e. The lowest BCUT2D eigenvalue weighted by atomic mass is 10.0. The van der Waals surface area contributed by atoms with Crippen molar-refractivity contribution in [2.75, 3.05) is 6.61 Å². The first kappa shape index (κ1) is 24.5. The number of thioether (sulfide) groups is 1. The van der Waals surface area contributed by atoms with E-state index in [0.29, 0.717) is 0 Å². The van der Waals surface area contributed by atoms with Gasteiger partial charge in [-0.2, -0.15) is 0 Å². The normalized spacial score (nSPS) is 10.9. The molecule has 0 aliphatic heterocycles. The van der Waals surface area contributed by atoms with Gasteiger partial charge in [-0.1, -0.05) is 89.5 Å². The summed E-state index contributed by atoms with van der Waals surface area (Å²) in [6.07, 6.45) is 13.8. The van der Waals surface area contributed by atoms with Crippen LogP contribution in [0.2, 0.25) is 0 Å². The van der Waals surface area contributed by atoms with Gasteiger partial charge in [-0.15, -0.1) is 0 Å². The van der Waals surface area contributed by atoms with Crippen molar-refractivity contribution in [2.24, 2.45) is 0 Å². The average molecular weight is 427 g/mol. The minimum atomic E-state index is 0.0917. The number of aryl methyl sites for hydroxylation is 1. The second-order valence-corrected chi connectivity index (χ2v) is 9.03. The van der Waals surface area contributed by atoms with Crippen LogP contribution in [0.1, 0.15) is 94.0 Å². The van der Waals surface area contributed by atoms with Gasteiger partial charge in [0, 0.05) is 10.5 Å². The average Bonchev–Trinajstić information content (AvgIpc) is 2.77. The van der Waals surface area contributed by atoms with Crippen molar-refractivity contribution >= 4 is 16.9 Å². The Hall–Kier alpha value is -1.74. The Kier molecular flexibility index (Phi) is 12.4. The van der Waals surface area contributed by atoms with Crippen LogP contribution in [0.15, 0.2) is 53.4 Å². The molecule has 0 amide bonds. The van der Waals surface area contributed by atoms with Gasteiger partial charge in [0.05, 0.1) is 6.61 Å². The van der Waals surface area contributed by atoms with E-state index in [0.717, 1.165) is 35.7 Å². The van der Waals surface area contributed by atoms with Gasteiger partial charge in [-0.25, -0.2) is 0 Å². The Bertz CT molecular complexity index is 707. The number of ether oxygens (including phenoxy) is 1. The van der Waals surface area contributed by atoms with E-state index in [-0.39, 0.29) is 5.12 Å². The molecule has 2 aromatic carbocycles. The van der Waals surface area contributed by atoms with Gasteiger partial charge in [0.15, 0.2) is 0 Å². The lowest BCUT2D eigenvalue weighted by molar-refractivity contribution is 0.108. The van der Waals surface area contributed by atoms with Crippen molar-refractivity contribution in [1.29, 1.82) is 0 Å². The van der Waals surface area contributed by atoms with Crippen LogP contribution in [0.4, 0.5) is 0 Å². The molecule has 0 aliphatic carbocycles. The molecular weight excluding hydrogens is 388 g/mol. The molecule has 0 aliphatic rings. The molecule has 2 rings (SSSR count). The highest BCUT2D eigenvalue weighted by atomic mass is 32.2. The molecular formula is C27H38O2S. The summed E-state index contributed by atoms with van der Waals surface area (Å²) in [5.74, 6) is 0.880. The zero-order chi connectivity index (χ0) is 21.4. The lowest BCUT2D eigenvalue weighted by Gasteiger charge is -2.07. The molecule has 2 aromatic rings. The molecule has 0 saturated heterocycles. The SMILES string of the molecule is CCCCCCCOc1ccc(SC(=O)c2ccc(CCCCCCC)cc2)cc1. The lowest BCUT2D eigenvalue weighted by Crippen LogP contribution is -1.97. The molecule has 0 radical (unpaired) electrons. The quantitative estimate of drug-likeness (QED) is 0.211. The molecule has 164 valence electrons. The van der Waals surface area contributed by atoms with Crippen molar-refractivity contribution in [3.05, 3.63) is 59.7 Å². The van der Waals surface area contributed by atoms with Crippen molar-refractivity contribution in [2.45, 2.75) is 89.4 Å². The summed E-state index contributed by atoms with van der Waals surface area (Å²) in [4.78, 5) is 13.5. The van der Waals surface area contributed by atoms with Gasteiger partial charge in [-0.05, 0) is 60.9 Å². The maximum Gasteiger partial charge on any atom is 0.224 e. The fourth-order valence-corrected chi connectivity index (χ4v) is 4.15. The number of carbonyl (C=O) groups is 1. The molecule has 0 unspecified atom stereocenters. The predicted octanol–water partition coefficient (Wildman–Crippen LogP) is 8.48. The van der Waals surface area contributed by atoms with Gasteiger partial charge in [0.25, 0.3) is 0 Å². The topological polar surface area (TPSA) is 26.3 Å². The molecule has 0 saturated carbocycles. The van der Waals surface area contributed by atoms with Crippen LogP contribution in [0.3, 0.4) is 0 Å². The van der Waals surface area contributed by atoms with Crippen LogP contribution in [0, 0.1) is 0 Å². The van der Waals surface area contributed by atoms with Crippen LogP contribution in [-0.4, -0.2) is 11.7 Å². The monoisotopic (exact) mass is 426 g/mol. The van der Waals surface area contributed by atoms with Crippen LogP contribution in [0.25, 0.3) is 0 Å². The van der Waals surface area contributed by atoms with E-state index in [1.807, 2.05) is 36.4 Å². The first-order valence-electron chi connectivity index (χ1n) is 11.8.